The van der Waals surface area contributed by atoms with E-state index in [1.807, 2.05) is 6.08 Å². The Labute approximate surface area is 344 Å². The molecule has 1 unspecified atom stereocenters. The van der Waals surface area contributed by atoms with Crippen LogP contribution in [0, 0.1) is 0 Å². The van der Waals surface area contributed by atoms with Gasteiger partial charge in [-0.2, -0.15) is 0 Å². The van der Waals surface area contributed by atoms with Gasteiger partial charge in [0.25, 0.3) is 0 Å². The van der Waals surface area contributed by atoms with E-state index in [2.05, 4.69) is 93.7 Å². The fourth-order valence-corrected chi connectivity index (χ4v) is 5.79. The van der Waals surface area contributed by atoms with Crippen LogP contribution in [0.25, 0.3) is 0 Å². The number of carbonyl (C=O) groups is 3. The predicted molar refractivity (Wildman–Crippen MR) is 237 cm³/mol. The van der Waals surface area contributed by atoms with E-state index in [-0.39, 0.29) is 38.0 Å². The van der Waals surface area contributed by atoms with Gasteiger partial charge in [-0.25, -0.2) is 0 Å². The largest absolute Gasteiger partial charge is 0.462 e. The molecule has 0 aromatic rings. The zero-order valence-corrected chi connectivity index (χ0v) is 36.1. The third kappa shape index (κ3) is 41.7. The molecule has 0 aromatic heterocycles. The van der Waals surface area contributed by atoms with Crippen LogP contribution in [0.5, 0.6) is 0 Å². The van der Waals surface area contributed by atoms with Gasteiger partial charge in [0, 0.05) is 12.8 Å². The summed E-state index contributed by atoms with van der Waals surface area (Å²) >= 11 is 0. The van der Waals surface area contributed by atoms with E-state index in [0.717, 1.165) is 64.2 Å². The van der Waals surface area contributed by atoms with Gasteiger partial charge in [-0.1, -0.05) is 189 Å². The van der Waals surface area contributed by atoms with Crippen LogP contribution in [0.3, 0.4) is 0 Å². The molecule has 0 fully saturated rings. The molecule has 0 bridgehead atoms. The number of rotatable bonds is 39. The van der Waals surface area contributed by atoms with E-state index in [4.69, 9.17) is 14.2 Å². The van der Waals surface area contributed by atoms with E-state index >= 15 is 0 Å². The Morgan fingerprint density at radius 3 is 1.30 bits per heavy atom. The summed E-state index contributed by atoms with van der Waals surface area (Å²) in [5.41, 5.74) is 0. The van der Waals surface area contributed by atoms with Gasteiger partial charge in [0.15, 0.2) is 6.10 Å². The first-order chi connectivity index (χ1) is 27.5. The van der Waals surface area contributed by atoms with Crippen molar-refractivity contribution in [2.75, 3.05) is 13.2 Å². The SMILES string of the molecule is CC/C=C\C/C=C\C/C=C\CC(=O)OCC(COC(=O)CCC/C=C\C/C=C\C/C=C\C/C=C\CCCCC)OC(=O)CCCCCCCCCCCCCC. The third-order valence-corrected chi connectivity index (χ3v) is 9.17. The van der Waals surface area contributed by atoms with Crippen LogP contribution in [0.2, 0.25) is 0 Å². The molecule has 0 spiro atoms. The van der Waals surface area contributed by atoms with Crippen molar-refractivity contribution in [2.24, 2.45) is 0 Å². The maximum atomic E-state index is 12.7. The van der Waals surface area contributed by atoms with E-state index in [1.54, 1.807) is 6.08 Å². The van der Waals surface area contributed by atoms with Gasteiger partial charge in [-0.05, 0) is 70.6 Å². The molecular formula is C50H82O6. The van der Waals surface area contributed by atoms with Gasteiger partial charge < -0.3 is 14.2 Å². The van der Waals surface area contributed by atoms with Crippen molar-refractivity contribution in [3.63, 3.8) is 0 Å². The van der Waals surface area contributed by atoms with Gasteiger partial charge in [-0.3, -0.25) is 14.4 Å². The van der Waals surface area contributed by atoms with Crippen LogP contribution in [0.15, 0.2) is 85.1 Å². The van der Waals surface area contributed by atoms with Crippen LogP contribution < -0.4 is 0 Å². The molecule has 0 saturated heterocycles. The highest BCUT2D eigenvalue weighted by molar-refractivity contribution is 5.72. The normalized spacial score (nSPS) is 12.8. The molecule has 0 amide bonds. The van der Waals surface area contributed by atoms with Crippen molar-refractivity contribution in [3.05, 3.63) is 85.1 Å². The van der Waals surface area contributed by atoms with E-state index in [9.17, 15) is 14.4 Å². The summed E-state index contributed by atoms with van der Waals surface area (Å²) in [6, 6.07) is 0. The zero-order valence-electron chi connectivity index (χ0n) is 36.1. The highest BCUT2D eigenvalue weighted by Crippen LogP contribution is 2.13. The lowest BCUT2D eigenvalue weighted by molar-refractivity contribution is -0.166. The Morgan fingerprint density at radius 1 is 0.393 bits per heavy atom. The summed E-state index contributed by atoms with van der Waals surface area (Å²) in [5.74, 6) is -1.12. The van der Waals surface area contributed by atoms with Crippen molar-refractivity contribution in [3.8, 4) is 0 Å². The lowest BCUT2D eigenvalue weighted by Crippen LogP contribution is -2.30. The summed E-state index contributed by atoms with van der Waals surface area (Å²) in [7, 11) is 0. The molecule has 56 heavy (non-hydrogen) atoms. The van der Waals surface area contributed by atoms with E-state index in [1.165, 1.54) is 83.5 Å². The molecule has 0 aromatic carbocycles. The predicted octanol–water partition coefficient (Wildman–Crippen LogP) is 14.5. The van der Waals surface area contributed by atoms with Crippen LogP contribution in [0.1, 0.15) is 194 Å². The molecule has 0 rings (SSSR count). The molecule has 6 nitrogen and oxygen atoms in total. The third-order valence-electron chi connectivity index (χ3n) is 9.17. The Balaban J connectivity index is 4.51. The van der Waals surface area contributed by atoms with Gasteiger partial charge in [0.2, 0.25) is 0 Å². The monoisotopic (exact) mass is 779 g/mol. The minimum Gasteiger partial charge on any atom is -0.462 e. The van der Waals surface area contributed by atoms with Crippen LogP contribution in [-0.4, -0.2) is 37.2 Å². The first-order valence-corrected chi connectivity index (χ1v) is 22.6. The summed E-state index contributed by atoms with van der Waals surface area (Å²) in [6.07, 6.45) is 56.0. The minimum atomic E-state index is -0.829. The van der Waals surface area contributed by atoms with Crippen molar-refractivity contribution in [1.82, 2.24) is 0 Å². The summed E-state index contributed by atoms with van der Waals surface area (Å²) < 4.78 is 16.5. The number of esters is 3. The van der Waals surface area contributed by atoms with Crippen LogP contribution in [-0.2, 0) is 28.6 Å². The van der Waals surface area contributed by atoms with Crippen molar-refractivity contribution in [1.29, 1.82) is 0 Å². The second-order valence-electron chi connectivity index (χ2n) is 14.6. The number of carbonyl (C=O) groups excluding carboxylic acids is 3. The van der Waals surface area contributed by atoms with Crippen molar-refractivity contribution < 1.29 is 28.6 Å². The van der Waals surface area contributed by atoms with E-state index in [0.29, 0.717) is 12.8 Å². The Hall–Kier alpha value is -3.41. The maximum absolute atomic E-state index is 12.7. The zero-order chi connectivity index (χ0) is 40.8. The minimum absolute atomic E-state index is 0.125. The van der Waals surface area contributed by atoms with Crippen molar-refractivity contribution >= 4 is 17.9 Å². The Morgan fingerprint density at radius 2 is 0.786 bits per heavy atom. The average molecular weight is 779 g/mol. The first kappa shape index (κ1) is 52.6. The first-order valence-electron chi connectivity index (χ1n) is 22.6. The molecule has 0 N–H and O–H groups in total. The van der Waals surface area contributed by atoms with Gasteiger partial charge in [0.05, 0.1) is 6.42 Å². The second-order valence-corrected chi connectivity index (χ2v) is 14.6. The molecule has 0 aliphatic rings. The van der Waals surface area contributed by atoms with Gasteiger partial charge in [-0.15, -0.1) is 0 Å². The molecule has 0 aliphatic carbocycles. The second kappa shape index (κ2) is 44.3. The standard InChI is InChI=1S/C50H82O6/c1-4-7-10-13-16-19-21-23-24-25-26-27-29-31-34-37-40-43-49(52)55-46-47(45-54-48(51)42-39-36-33-30-18-15-12-9-6-3)56-50(53)44-41-38-35-32-28-22-20-17-14-11-8-5-2/h9,12,16,18-19,23-24,26-27,30-31,34,36,39,47H,4-8,10-11,13-15,17,20-22,25,28-29,32-33,35,37-38,40-46H2,1-3H3/b12-9-,19-16-,24-23-,27-26-,30-18-,34-31-,39-36-. The number of hydrogen-bond donors (Lipinski definition) is 0. The fraction of sp³-hybridized carbons (Fsp3) is 0.660. The van der Waals surface area contributed by atoms with Crippen LogP contribution in [0.4, 0.5) is 0 Å². The summed E-state index contributed by atoms with van der Waals surface area (Å²) in [4.78, 5) is 37.6. The summed E-state index contributed by atoms with van der Waals surface area (Å²) in [6.45, 7) is 6.32. The number of hydrogen-bond acceptors (Lipinski definition) is 6. The lowest BCUT2D eigenvalue weighted by Gasteiger charge is -2.18. The molecule has 0 radical (unpaired) electrons. The molecule has 0 heterocycles. The lowest BCUT2D eigenvalue weighted by atomic mass is 10.0. The number of allylic oxidation sites excluding steroid dienone is 13. The number of unbranched alkanes of at least 4 members (excludes halogenated alkanes) is 15. The summed E-state index contributed by atoms with van der Waals surface area (Å²) in [5, 5.41) is 0. The highest BCUT2D eigenvalue weighted by Gasteiger charge is 2.19. The van der Waals surface area contributed by atoms with Gasteiger partial charge in [0.1, 0.15) is 13.2 Å². The molecule has 0 aliphatic heterocycles. The Bertz CT molecular complexity index is 1120. The fourth-order valence-electron chi connectivity index (χ4n) is 5.79. The average Bonchev–Trinajstić information content (AvgIpc) is 3.19. The molecule has 0 saturated carbocycles. The molecule has 1 atom stereocenters. The van der Waals surface area contributed by atoms with Crippen LogP contribution >= 0.6 is 0 Å². The topological polar surface area (TPSA) is 78.9 Å². The maximum Gasteiger partial charge on any atom is 0.309 e. The smallest absolute Gasteiger partial charge is 0.309 e. The molecule has 6 heteroatoms. The number of ether oxygens (including phenoxy) is 3. The van der Waals surface area contributed by atoms with E-state index < -0.39 is 12.1 Å². The van der Waals surface area contributed by atoms with Gasteiger partial charge >= 0.3 is 17.9 Å². The quantitative estimate of drug-likeness (QED) is 0.0268. The molecule has 318 valence electrons. The Kier molecular flexibility index (Phi) is 41.6. The van der Waals surface area contributed by atoms with Crippen molar-refractivity contribution in [2.45, 2.75) is 200 Å². The highest BCUT2D eigenvalue weighted by atomic mass is 16.6. The molecular weight excluding hydrogens is 697 g/mol.